The van der Waals surface area contributed by atoms with Crippen LogP contribution in [0.15, 0.2) is 132 Å². The number of hydrogen-bond acceptors (Lipinski definition) is 6. The SMILES string of the molecule is CC1(C)N=C(c2ccc(-n3c4ccccc4c4cc(-c5ccc6c(c5)c5ccccc5n6-c5ccc(C6=NC(C)(C)C(C)(C)S6)nc5)ccc43)cn2)SC1(C)C. The van der Waals surface area contributed by atoms with Crippen LogP contribution in [0.5, 0.6) is 0 Å². The first-order valence-corrected chi connectivity index (χ1v) is 20.9. The number of benzene rings is 4. The Morgan fingerprint density at radius 3 is 1.18 bits per heavy atom. The summed E-state index contributed by atoms with van der Waals surface area (Å²) < 4.78 is 4.69. The van der Waals surface area contributed by atoms with Gasteiger partial charge in [-0.1, -0.05) is 72.1 Å². The Hall–Kier alpha value is -5.18. The first-order chi connectivity index (χ1) is 26.7. The van der Waals surface area contributed by atoms with E-state index in [-0.39, 0.29) is 20.6 Å². The van der Waals surface area contributed by atoms with Gasteiger partial charge in [-0.05, 0) is 127 Å². The maximum atomic E-state index is 5.05. The van der Waals surface area contributed by atoms with Crippen LogP contribution >= 0.6 is 23.5 Å². The Bertz CT molecular complexity index is 2760. The van der Waals surface area contributed by atoms with Crippen LogP contribution < -0.4 is 0 Å². The number of aliphatic imine (C=N–C) groups is 2. The van der Waals surface area contributed by atoms with Gasteiger partial charge in [0.15, 0.2) is 0 Å². The van der Waals surface area contributed by atoms with E-state index in [1.54, 1.807) is 0 Å². The average Bonchev–Trinajstić information content (AvgIpc) is 3.83. The molecule has 6 nitrogen and oxygen atoms in total. The molecule has 0 bridgehead atoms. The third kappa shape index (κ3) is 5.32. The zero-order valence-corrected chi connectivity index (χ0v) is 34.7. The zero-order chi connectivity index (χ0) is 38.8. The van der Waals surface area contributed by atoms with Gasteiger partial charge in [-0.25, -0.2) is 0 Å². The Kier molecular flexibility index (Phi) is 7.65. The molecule has 4 aromatic heterocycles. The van der Waals surface area contributed by atoms with Crippen LogP contribution in [-0.4, -0.2) is 49.8 Å². The van der Waals surface area contributed by atoms with Gasteiger partial charge in [0.2, 0.25) is 0 Å². The van der Waals surface area contributed by atoms with E-state index in [1.165, 1.54) is 32.7 Å². The fourth-order valence-corrected chi connectivity index (χ4v) is 10.5. The van der Waals surface area contributed by atoms with Crippen LogP contribution in [0.25, 0.3) is 66.1 Å². The van der Waals surface area contributed by atoms with Crippen molar-refractivity contribution in [1.82, 2.24) is 19.1 Å². The molecule has 0 saturated carbocycles. The molecule has 0 fully saturated rings. The molecule has 0 saturated heterocycles. The standard InChI is InChI=1S/C48H44N6S2/c1-45(2)47(5,6)55-43(51-45)37-21-19-31(27-49-37)53-39-15-11-9-13-33(39)35-25-29(17-23-41(35)53)30-18-24-42-36(26-30)34-14-10-12-16-40(34)54(42)32-20-22-38(50-28-32)44-52-46(3,4)48(7,8)56-44/h9-28H,1-8H3. The van der Waals surface area contributed by atoms with Gasteiger partial charge in [0.25, 0.3) is 0 Å². The lowest BCUT2D eigenvalue weighted by atomic mass is 9.91. The molecule has 10 rings (SSSR count). The topological polar surface area (TPSA) is 60.4 Å². The second kappa shape index (κ2) is 12.2. The fraction of sp³-hybridized carbons (Fsp3) is 0.250. The largest absolute Gasteiger partial charge is 0.308 e. The smallest absolute Gasteiger partial charge is 0.117 e. The molecule has 0 unspecified atom stereocenters. The molecule has 0 spiro atoms. The molecule has 2 aliphatic heterocycles. The lowest BCUT2D eigenvalue weighted by Gasteiger charge is -2.30. The first kappa shape index (κ1) is 35.2. The number of nitrogens with zero attached hydrogens (tertiary/aromatic N) is 6. The Morgan fingerprint density at radius 1 is 0.429 bits per heavy atom. The number of hydrogen-bond donors (Lipinski definition) is 0. The van der Waals surface area contributed by atoms with E-state index < -0.39 is 0 Å². The number of rotatable bonds is 5. The van der Waals surface area contributed by atoms with E-state index in [2.05, 4.69) is 174 Å². The van der Waals surface area contributed by atoms with Gasteiger partial charge in [-0.15, -0.1) is 0 Å². The monoisotopic (exact) mass is 768 g/mol. The highest BCUT2D eigenvalue weighted by atomic mass is 32.2. The zero-order valence-electron chi connectivity index (χ0n) is 33.0. The Labute approximate surface area is 336 Å². The third-order valence-electron chi connectivity index (χ3n) is 12.5. The highest BCUT2D eigenvalue weighted by Gasteiger charge is 2.45. The quantitative estimate of drug-likeness (QED) is 0.175. The van der Waals surface area contributed by atoms with Crippen molar-refractivity contribution >= 4 is 77.2 Å². The molecule has 8 aromatic rings. The summed E-state index contributed by atoms with van der Waals surface area (Å²) in [5.74, 6) is 0. The summed E-state index contributed by atoms with van der Waals surface area (Å²) in [4.78, 5) is 20.0. The molecule has 0 amide bonds. The minimum Gasteiger partial charge on any atom is -0.308 e. The van der Waals surface area contributed by atoms with Gasteiger partial charge in [0, 0.05) is 31.0 Å². The van der Waals surface area contributed by atoms with Crippen LogP contribution in [0.4, 0.5) is 0 Å². The van der Waals surface area contributed by atoms with Crippen molar-refractivity contribution in [2.45, 2.75) is 76.0 Å². The van der Waals surface area contributed by atoms with E-state index in [0.29, 0.717) is 0 Å². The molecule has 2 aliphatic rings. The second-order valence-electron chi connectivity index (χ2n) is 17.1. The molecule has 8 heteroatoms. The second-order valence-corrected chi connectivity index (χ2v) is 20.4. The molecule has 0 N–H and O–H groups in total. The van der Waals surface area contributed by atoms with Crippen LogP contribution in [0.3, 0.4) is 0 Å². The van der Waals surface area contributed by atoms with Crippen LogP contribution in [0.1, 0.15) is 66.8 Å². The molecular formula is C48H44N6S2. The molecule has 0 aliphatic carbocycles. The van der Waals surface area contributed by atoms with Crippen molar-refractivity contribution in [3.63, 3.8) is 0 Å². The third-order valence-corrected chi connectivity index (χ3v) is 15.5. The molecule has 6 heterocycles. The number of pyridine rings is 2. The Balaban J connectivity index is 1.03. The predicted octanol–water partition coefficient (Wildman–Crippen LogP) is 12.4. The van der Waals surface area contributed by atoms with Gasteiger partial charge in [0.1, 0.15) is 10.1 Å². The average molecular weight is 769 g/mol. The minimum atomic E-state index is -0.149. The summed E-state index contributed by atoms with van der Waals surface area (Å²) in [6, 6.07) is 39.7. The summed E-state index contributed by atoms with van der Waals surface area (Å²) in [5, 5.41) is 6.88. The van der Waals surface area contributed by atoms with E-state index in [1.807, 2.05) is 35.9 Å². The number of thioether (sulfide) groups is 2. The number of para-hydroxylation sites is 2. The molecule has 278 valence electrons. The summed E-state index contributed by atoms with van der Waals surface area (Å²) >= 11 is 3.63. The van der Waals surface area contributed by atoms with Gasteiger partial charge in [0.05, 0.1) is 68.3 Å². The van der Waals surface area contributed by atoms with Crippen molar-refractivity contribution in [3.05, 3.63) is 133 Å². The van der Waals surface area contributed by atoms with Crippen molar-refractivity contribution in [3.8, 4) is 22.5 Å². The summed E-state index contributed by atoms with van der Waals surface area (Å²) in [6.45, 7) is 17.9. The van der Waals surface area contributed by atoms with E-state index in [4.69, 9.17) is 20.0 Å². The maximum absolute atomic E-state index is 5.05. The van der Waals surface area contributed by atoms with E-state index in [0.717, 1.165) is 54.9 Å². The highest BCUT2D eigenvalue weighted by molar-refractivity contribution is 8.16. The van der Waals surface area contributed by atoms with Crippen LogP contribution in [0, 0.1) is 0 Å². The summed E-state index contributed by atoms with van der Waals surface area (Å²) in [7, 11) is 0. The van der Waals surface area contributed by atoms with Crippen molar-refractivity contribution < 1.29 is 0 Å². The van der Waals surface area contributed by atoms with Crippen molar-refractivity contribution in [1.29, 1.82) is 0 Å². The van der Waals surface area contributed by atoms with Crippen molar-refractivity contribution in [2.24, 2.45) is 9.98 Å². The van der Waals surface area contributed by atoms with Crippen LogP contribution in [-0.2, 0) is 0 Å². The molecular weight excluding hydrogens is 725 g/mol. The minimum absolute atomic E-state index is 0.0127. The molecule has 0 radical (unpaired) electrons. The number of fused-ring (bicyclic) bond motifs is 6. The highest BCUT2D eigenvalue weighted by Crippen LogP contribution is 2.47. The first-order valence-electron chi connectivity index (χ1n) is 19.3. The Morgan fingerprint density at radius 2 is 0.821 bits per heavy atom. The normalized spacial score (nSPS) is 18.3. The van der Waals surface area contributed by atoms with Crippen molar-refractivity contribution in [2.75, 3.05) is 0 Å². The van der Waals surface area contributed by atoms with E-state index >= 15 is 0 Å². The maximum Gasteiger partial charge on any atom is 0.117 e. The van der Waals surface area contributed by atoms with Gasteiger partial charge in [-0.3, -0.25) is 20.0 Å². The molecule has 56 heavy (non-hydrogen) atoms. The number of aromatic nitrogens is 4. The lowest BCUT2D eigenvalue weighted by Crippen LogP contribution is -2.36. The summed E-state index contributed by atoms with van der Waals surface area (Å²) in [5.41, 5.74) is 10.6. The summed E-state index contributed by atoms with van der Waals surface area (Å²) in [6.07, 6.45) is 3.99. The molecule has 0 atom stereocenters. The fourth-order valence-electron chi connectivity index (χ4n) is 7.93. The van der Waals surface area contributed by atoms with Gasteiger partial charge < -0.3 is 9.13 Å². The van der Waals surface area contributed by atoms with Gasteiger partial charge >= 0.3 is 0 Å². The van der Waals surface area contributed by atoms with Gasteiger partial charge in [-0.2, -0.15) is 0 Å². The van der Waals surface area contributed by atoms with Crippen LogP contribution in [0.2, 0.25) is 0 Å². The van der Waals surface area contributed by atoms with E-state index in [9.17, 15) is 0 Å². The molecule has 4 aromatic carbocycles. The lowest BCUT2D eigenvalue weighted by molar-refractivity contribution is 0.426. The predicted molar refractivity (Wildman–Crippen MR) is 241 cm³/mol.